The Morgan fingerprint density at radius 2 is 1.92 bits per heavy atom. The first-order chi connectivity index (χ1) is 12.6. The van der Waals surface area contributed by atoms with E-state index in [-0.39, 0.29) is 12.1 Å². The molecule has 0 N–H and O–H groups in total. The number of ether oxygens (including phenoxy) is 1. The second-order valence-corrected chi connectivity index (χ2v) is 6.41. The molecule has 1 aromatic carbocycles. The molecule has 7 nitrogen and oxygen atoms in total. The van der Waals surface area contributed by atoms with Crippen LogP contribution < -0.4 is 9.80 Å². The molecule has 0 saturated carbocycles. The molecular weight excluding hydrogens is 358 g/mol. The fourth-order valence-electron chi connectivity index (χ4n) is 2.97. The largest absolute Gasteiger partial charge is 0.445 e. The van der Waals surface area contributed by atoms with Crippen molar-refractivity contribution in [1.82, 2.24) is 0 Å². The summed E-state index contributed by atoms with van der Waals surface area (Å²) in [5.74, 6) is 0.855. The number of halogens is 1. The van der Waals surface area contributed by atoms with Crippen LogP contribution in [-0.2, 0) is 16.0 Å². The van der Waals surface area contributed by atoms with Crippen molar-refractivity contribution < 1.29 is 18.7 Å². The molecule has 0 bridgehead atoms. The van der Waals surface area contributed by atoms with Crippen molar-refractivity contribution in [3.8, 4) is 0 Å². The van der Waals surface area contributed by atoms with Gasteiger partial charge in [-0.25, -0.2) is 9.69 Å². The number of hydrogen-bond acceptors (Lipinski definition) is 5. The zero-order valence-corrected chi connectivity index (χ0v) is 14.6. The van der Waals surface area contributed by atoms with Gasteiger partial charge in [0, 0.05) is 24.2 Å². The van der Waals surface area contributed by atoms with Crippen molar-refractivity contribution in [1.29, 1.82) is 0 Å². The predicted molar refractivity (Wildman–Crippen MR) is 97.2 cm³/mol. The van der Waals surface area contributed by atoms with E-state index in [0.29, 0.717) is 29.7 Å². The number of carbonyl (C=O) groups excluding carboxylic acids is 2. The summed E-state index contributed by atoms with van der Waals surface area (Å²) in [6.45, 7) is 2.83. The summed E-state index contributed by atoms with van der Waals surface area (Å²) in [7, 11) is 0. The highest BCUT2D eigenvalue weighted by Gasteiger charge is 2.35. The zero-order chi connectivity index (χ0) is 18.1. The Bertz CT molecular complexity index is 886. The summed E-state index contributed by atoms with van der Waals surface area (Å²) in [6, 6.07) is 9.59. The number of aliphatic imine (C=N–C) groups is 1. The normalized spacial score (nSPS) is 17.8. The van der Waals surface area contributed by atoms with Crippen LogP contribution in [-0.4, -0.2) is 44.0 Å². The number of hydrogen-bond donors (Lipinski definition) is 0. The quantitative estimate of drug-likeness (QED) is 0.823. The van der Waals surface area contributed by atoms with Gasteiger partial charge < -0.3 is 14.1 Å². The number of furan rings is 1. The molecule has 134 valence electrons. The Kier molecular flexibility index (Phi) is 4.48. The van der Waals surface area contributed by atoms with Gasteiger partial charge >= 0.3 is 6.03 Å². The molecule has 1 aromatic heterocycles. The van der Waals surface area contributed by atoms with Crippen LogP contribution in [0.5, 0.6) is 0 Å². The highest BCUT2D eigenvalue weighted by Crippen LogP contribution is 2.25. The standard InChI is InChI=1S/C18H16ClN3O4/c19-12-2-1-3-13(10-12)22-17(23)15(20-18(22)24)11-14-4-5-16(26-14)21-6-8-25-9-7-21/h1-5,10H,6-9,11H2. The van der Waals surface area contributed by atoms with Gasteiger partial charge in [0.25, 0.3) is 5.91 Å². The summed E-state index contributed by atoms with van der Waals surface area (Å²) < 4.78 is 11.1. The van der Waals surface area contributed by atoms with Crippen LogP contribution >= 0.6 is 11.6 Å². The predicted octanol–water partition coefficient (Wildman–Crippen LogP) is 2.92. The number of urea groups is 1. The molecule has 0 atom stereocenters. The van der Waals surface area contributed by atoms with E-state index in [1.807, 2.05) is 6.07 Å². The van der Waals surface area contributed by atoms with Gasteiger partial charge in [-0.15, -0.1) is 0 Å². The molecular formula is C18H16ClN3O4. The number of amides is 3. The summed E-state index contributed by atoms with van der Waals surface area (Å²) in [5, 5.41) is 0.442. The monoisotopic (exact) mass is 373 g/mol. The highest BCUT2D eigenvalue weighted by molar-refractivity contribution is 6.54. The number of nitrogens with zero attached hydrogens (tertiary/aromatic N) is 3. The number of carbonyl (C=O) groups is 2. The Balaban J connectivity index is 1.49. The summed E-state index contributed by atoms with van der Waals surface area (Å²) in [5.41, 5.74) is 0.553. The molecule has 2 aliphatic rings. The molecule has 2 aliphatic heterocycles. The van der Waals surface area contributed by atoms with E-state index in [4.69, 9.17) is 20.8 Å². The Morgan fingerprint density at radius 3 is 2.69 bits per heavy atom. The average molecular weight is 374 g/mol. The lowest BCUT2D eigenvalue weighted by atomic mass is 10.2. The zero-order valence-electron chi connectivity index (χ0n) is 13.9. The van der Waals surface area contributed by atoms with E-state index >= 15 is 0 Å². The molecule has 0 unspecified atom stereocenters. The van der Waals surface area contributed by atoms with Gasteiger partial charge in [-0.05, 0) is 24.3 Å². The smallest absolute Gasteiger partial charge is 0.355 e. The van der Waals surface area contributed by atoms with E-state index in [2.05, 4.69) is 9.89 Å². The topological polar surface area (TPSA) is 75.4 Å². The molecule has 2 aromatic rings. The third-order valence-corrected chi connectivity index (χ3v) is 4.49. The van der Waals surface area contributed by atoms with Crippen LogP contribution in [0.3, 0.4) is 0 Å². The van der Waals surface area contributed by atoms with Gasteiger partial charge in [0.2, 0.25) is 0 Å². The molecule has 4 rings (SSSR count). The van der Waals surface area contributed by atoms with E-state index in [0.717, 1.165) is 23.9 Å². The van der Waals surface area contributed by atoms with Crippen LogP contribution in [0.2, 0.25) is 5.02 Å². The summed E-state index contributed by atoms with van der Waals surface area (Å²) >= 11 is 5.95. The van der Waals surface area contributed by atoms with Crippen molar-refractivity contribution >= 4 is 40.8 Å². The van der Waals surface area contributed by atoms with E-state index in [1.54, 1.807) is 30.3 Å². The van der Waals surface area contributed by atoms with Gasteiger partial charge in [-0.3, -0.25) is 4.79 Å². The minimum absolute atomic E-state index is 0.151. The Morgan fingerprint density at radius 1 is 1.12 bits per heavy atom. The van der Waals surface area contributed by atoms with Gasteiger partial charge in [0.1, 0.15) is 11.5 Å². The van der Waals surface area contributed by atoms with Crippen molar-refractivity contribution in [2.45, 2.75) is 6.42 Å². The summed E-state index contributed by atoms with van der Waals surface area (Å²) in [6.07, 6.45) is 0.159. The first kappa shape index (κ1) is 16.8. The van der Waals surface area contributed by atoms with Crippen LogP contribution in [0.4, 0.5) is 16.4 Å². The maximum absolute atomic E-state index is 12.6. The lowest BCUT2D eigenvalue weighted by Gasteiger charge is -2.26. The highest BCUT2D eigenvalue weighted by atomic mass is 35.5. The van der Waals surface area contributed by atoms with Crippen molar-refractivity contribution in [3.63, 3.8) is 0 Å². The molecule has 8 heteroatoms. The number of benzene rings is 1. The average Bonchev–Trinajstić information content (AvgIpc) is 3.21. The Labute approximate surface area is 154 Å². The maximum atomic E-state index is 12.6. The third kappa shape index (κ3) is 3.23. The first-order valence-electron chi connectivity index (χ1n) is 8.25. The lowest BCUT2D eigenvalue weighted by molar-refractivity contribution is -0.111. The molecule has 0 spiro atoms. The Hall–Kier alpha value is -2.64. The van der Waals surface area contributed by atoms with E-state index < -0.39 is 11.9 Å². The van der Waals surface area contributed by atoms with Gasteiger partial charge in [0.15, 0.2) is 5.88 Å². The molecule has 1 fully saturated rings. The van der Waals surface area contributed by atoms with Gasteiger partial charge in [-0.1, -0.05) is 17.7 Å². The number of rotatable bonds is 4. The number of anilines is 2. The van der Waals surface area contributed by atoms with Crippen molar-refractivity contribution in [2.75, 3.05) is 36.1 Å². The molecule has 0 radical (unpaired) electrons. The second-order valence-electron chi connectivity index (χ2n) is 5.98. The SMILES string of the molecule is O=C1N=C(Cc2ccc(N3CCOCC3)o2)C(=O)N1c1cccc(Cl)c1. The molecule has 1 saturated heterocycles. The van der Waals surface area contributed by atoms with E-state index in [9.17, 15) is 9.59 Å². The fourth-order valence-corrected chi connectivity index (χ4v) is 3.15. The van der Waals surface area contributed by atoms with E-state index in [1.165, 1.54) is 0 Å². The lowest BCUT2D eigenvalue weighted by Crippen LogP contribution is -2.35. The molecule has 3 heterocycles. The van der Waals surface area contributed by atoms with Gasteiger partial charge in [-0.2, -0.15) is 4.99 Å². The van der Waals surface area contributed by atoms with Crippen molar-refractivity contribution in [3.05, 3.63) is 47.2 Å². The number of morpholine rings is 1. The number of imide groups is 1. The fraction of sp³-hybridized carbons (Fsp3) is 0.278. The van der Waals surface area contributed by atoms with Crippen LogP contribution in [0.1, 0.15) is 5.76 Å². The summed E-state index contributed by atoms with van der Waals surface area (Å²) in [4.78, 5) is 31.8. The minimum Gasteiger partial charge on any atom is -0.445 e. The minimum atomic E-state index is -0.618. The van der Waals surface area contributed by atoms with Gasteiger partial charge in [0.05, 0.1) is 25.3 Å². The molecule has 26 heavy (non-hydrogen) atoms. The third-order valence-electron chi connectivity index (χ3n) is 4.25. The first-order valence-corrected chi connectivity index (χ1v) is 8.62. The van der Waals surface area contributed by atoms with Crippen LogP contribution in [0.15, 0.2) is 45.8 Å². The molecule has 0 aliphatic carbocycles. The van der Waals surface area contributed by atoms with Crippen molar-refractivity contribution in [2.24, 2.45) is 4.99 Å². The second kappa shape index (κ2) is 6.93. The van der Waals surface area contributed by atoms with Crippen LogP contribution in [0, 0.1) is 0 Å². The molecule has 3 amide bonds. The maximum Gasteiger partial charge on any atom is 0.355 e. The van der Waals surface area contributed by atoms with Crippen LogP contribution in [0.25, 0.3) is 0 Å².